The molecule has 266 valence electrons. The van der Waals surface area contributed by atoms with Crippen LogP contribution in [0.25, 0.3) is 27.9 Å². The van der Waals surface area contributed by atoms with Crippen LogP contribution in [0.4, 0.5) is 17.6 Å². The molecule has 7 N–H and O–H groups in total. The predicted octanol–water partition coefficient (Wildman–Crippen LogP) is 1.42. The first-order valence-corrected chi connectivity index (χ1v) is 16.5. The number of anilines is 3. The van der Waals surface area contributed by atoms with E-state index >= 15 is 0 Å². The third kappa shape index (κ3) is 5.38. The van der Waals surface area contributed by atoms with Crippen LogP contribution in [-0.4, -0.2) is 74.3 Å². The van der Waals surface area contributed by atoms with Gasteiger partial charge in [0, 0.05) is 50.5 Å². The summed E-state index contributed by atoms with van der Waals surface area (Å²) in [5.74, 6) is -1.51. The molecule has 0 bridgehead atoms. The number of primary amides is 2. The molecule has 1 aromatic carbocycles. The molecule has 4 amide bonds. The van der Waals surface area contributed by atoms with Gasteiger partial charge in [-0.3, -0.25) is 39.1 Å². The molecule has 52 heavy (non-hydrogen) atoms. The number of rotatable bonds is 5. The van der Waals surface area contributed by atoms with Gasteiger partial charge in [0.15, 0.2) is 17.0 Å². The number of carbonyl (C=O) groups is 4. The number of aryl methyl sites for hydroxylation is 4. The Labute approximate surface area is 295 Å². The zero-order valence-electron chi connectivity index (χ0n) is 29.1. The van der Waals surface area contributed by atoms with Crippen molar-refractivity contribution in [3.63, 3.8) is 0 Å². The second-order valence-electron chi connectivity index (χ2n) is 12.0. The average Bonchev–Trinajstić information content (AvgIpc) is 3.84. The number of nitrogens with two attached hydrogens (primary N) is 2. The molecule has 0 saturated heterocycles. The van der Waals surface area contributed by atoms with Crippen LogP contribution in [0.5, 0.6) is 0 Å². The second kappa shape index (κ2) is 12.8. The van der Waals surface area contributed by atoms with E-state index in [-0.39, 0.29) is 47.6 Å². The first-order chi connectivity index (χ1) is 24.9. The number of amides is 4. The molecule has 1 aliphatic rings. The van der Waals surface area contributed by atoms with Gasteiger partial charge in [-0.05, 0) is 39.0 Å². The number of nitrogens with one attached hydrogen (secondary N) is 3. The van der Waals surface area contributed by atoms with Gasteiger partial charge in [-0.25, -0.2) is 15.0 Å². The van der Waals surface area contributed by atoms with E-state index in [4.69, 9.17) is 16.5 Å². The van der Waals surface area contributed by atoms with Crippen LogP contribution >= 0.6 is 0 Å². The Morgan fingerprint density at radius 1 is 0.865 bits per heavy atom. The van der Waals surface area contributed by atoms with E-state index in [1.54, 1.807) is 51.4 Å². The highest BCUT2D eigenvalue weighted by Gasteiger charge is 2.37. The standard InChI is InChI=1S/C33H35N15O4/c1-6-46-25-23(16(3)42-46)48-17(4)43-47(7-2)31(48)30(52)41-33-39-22-14-19(27(35)50)15-37-28(22)45(33)11-9-8-10-44-24-20(36-5)12-18(26(34)49)13-21(24)38-32(44)40-29(25)51/h8-9,12-15,36H,6-7,10-11H2,1-5H3,(H5-,34,35,38,39,40,41,49,50,51,52)/p+1/b9-8+. The smallest absolute Gasteiger partial charge is 0.331 e. The normalized spacial score (nSPS) is 13.9. The fraction of sp³-hybridized carbons (Fsp3) is 0.273. The van der Waals surface area contributed by atoms with Crippen LogP contribution in [0.2, 0.25) is 0 Å². The van der Waals surface area contributed by atoms with Crippen molar-refractivity contribution < 1.29 is 23.7 Å². The number of allylic oxidation sites excluding steroid dienone is 2. The second-order valence-corrected chi connectivity index (χ2v) is 12.0. The van der Waals surface area contributed by atoms with Crippen molar-refractivity contribution in [2.75, 3.05) is 23.0 Å². The lowest BCUT2D eigenvalue weighted by molar-refractivity contribution is -0.606. The molecule has 1 aliphatic heterocycles. The molecule has 6 heterocycles. The summed E-state index contributed by atoms with van der Waals surface area (Å²) in [6, 6.07) is 4.71. The molecule has 19 nitrogen and oxygen atoms in total. The van der Waals surface area contributed by atoms with Gasteiger partial charge in [0.1, 0.15) is 12.1 Å². The van der Waals surface area contributed by atoms with Gasteiger partial charge in [0.05, 0.1) is 28.0 Å². The minimum Gasteiger partial charge on any atom is -0.386 e. The number of pyridine rings is 1. The molecule has 0 radical (unpaired) electrons. The van der Waals surface area contributed by atoms with Crippen molar-refractivity contribution in [2.24, 2.45) is 11.5 Å². The van der Waals surface area contributed by atoms with Crippen LogP contribution in [0.15, 0.2) is 36.5 Å². The van der Waals surface area contributed by atoms with Gasteiger partial charge in [0.2, 0.25) is 23.7 Å². The fourth-order valence-electron chi connectivity index (χ4n) is 6.50. The minimum absolute atomic E-state index is 0.115. The van der Waals surface area contributed by atoms with Crippen LogP contribution < -0.4 is 32.0 Å². The van der Waals surface area contributed by atoms with Gasteiger partial charge < -0.3 is 21.4 Å². The summed E-state index contributed by atoms with van der Waals surface area (Å²) >= 11 is 0. The van der Waals surface area contributed by atoms with Gasteiger partial charge in [-0.2, -0.15) is 9.67 Å². The number of fused-ring (bicyclic) bond motifs is 9. The highest BCUT2D eigenvalue weighted by molar-refractivity contribution is 6.07. The van der Waals surface area contributed by atoms with E-state index in [0.29, 0.717) is 58.2 Å². The molecule has 0 atom stereocenters. The maximum Gasteiger partial charge on any atom is 0.331 e. The van der Waals surface area contributed by atoms with Gasteiger partial charge >= 0.3 is 11.7 Å². The van der Waals surface area contributed by atoms with Crippen molar-refractivity contribution >= 4 is 63.4 Å². The summed E-state index contributed by atoms with van der Waals surface area (Å²) in [5, 5.41) is 18.3. The molecule has 19 heteroatoms. The molecule has 0 unspecified atom stereocenters. The van der Waals surface area contributed by atoms with Crippen molar-refractivity contribution in [3.05, 3.63) is 70.7 Å². The van der Waals surface area contributed by atoms with Crippen molar-refractivity contribution in [2.45, 2.75) is 53.9 Å². The quantitative estimate of drug-likeness (QED) is 0.127. The maximum atomic E-state index is 14.5. The Morgan fingerprint density at radius 3 is 2.17 bits per heavy atom. The van der Waals surface area contributed by atoms with E-state index in [1.165, 1.54) is 16.9 Å². The lowest BCUT2D eigenvalue weighted by Gasteiger charge is -2.13. The Bertz CT molecular complexity index is 2520. The third-order valence-corrected chi connectivity index (χ3v) is 8.84. The molecule has 7 rings (SSSR count). The van der Waals surface area contributed by atoms with Crippen molar-refractivity contribution in [1.29, 1.82) is 0 Å². The summed E-state index contributed by atoms with van der Waals surface area (Å²) in [4.78, 5) is 66.8. The summed E-state index contributed by atoms with van der Waals surface area (Å²) < 4.78 is 8.19. The fourth-order valence-corrected chi connectivity index (χ4v) is 6.50. The van der Waals surface area contributed by atoms with Crippen molar-refractivity contribution in [1.82, 2.24) is 43.6 Å². The molecule has 5 aromatic heterocycles. The Kier molecular flexibility index (Phi) is 8.24. The zero-order chi connectivity index (χ0) is 37.0. The molecular formula is C33H36N15O4+. The first kappa shape index (κ1) is 33.6. The first-order valence-electron chi connectivity index (χ1n) is 16.5. The van der Waals surface area contributed by atoms with E-state index in [1.807, 2.05) is 26.0 Å². The highest BCUT2D eigenvalue weighted by Crippen LogP contribution is 2.30. The number of nitrogens with zero attached hydrogens (tertiary/aromatic N) is 10. The lowest BCUT2D eigenvalue weighted by Crippen LogP contribution is -2.44. The zero-order valence-corrected chi connectivity index (χ0v) is 29.1. The van der Waals surface area contributed by atoms with Crippen LogP contribution in [-0.2, 0) is 26.2 Å². The molecule has 6 aromatic rings. The Balaban J connectivity index is 1.50. The molecule has 0 saturated carbocycles. The summed E-state index contributed by atoms with van der Waals surface area (Å²) in [7, 11) is 1.71. The van der Waals surface area contributed by atoms with E-state index in [9.17, 15) is 19.2 Å². The average molecular weight is 707 g/mol. The highest BCUT2D eigenvalue weighted by atomic mass is 16.2. The summed E-state index contributed by atoms with van der Waals surface area (Å²) in [5.41, 5.74) is 14.9. The van der Waals surface area contributed by atoms with Gasteiger partial charge in [-0.1, -0.05) is 12.2 Å². The van der Waals surface area contributed by atoms with E-state index in [2.05, 4.69) is 36.1 Å². The Morgan fingerprint density at radius 2 is 1.50 bits per heavy atom. The summed E-state index contributed by atoms with van der Waals surface area (Å²) in [6.07, 6.45) is 5.05. The molecule has 0 spiro atoms. The van der Waals surface area contributed by atoms with Crippen LogP contribution in [0, 0.1) is 13.8 Å². The number of hydrogen-bond donors (Lipinski definition) is 5. The SMILES string of the molecule is CCn1nc(C)c2c1C(=O)Nc1nc3cc(C(N)=O)cc(NC)c3n1C/C=C/Cn1c(nc3cc(C(N)=O)cnc31)NC(=O)c1n(CC)nc(C)[n+]1-2. The molecule has 0 fully saturated rings. The topological polar surface area (TPSA) is 244 Å². The number of aromatic nitrogens is 10. The number of carbonyl (C=O) groups excluding carboxylic acids is 4. The van der Waals surface area contributed by atoms with Crippen LogP contribution in [0.1, 0.15) is 67.2 Å². The van der Waals surface area contributed by atoms with Crippen LogP contribution in [0.3, 0.4) is 0 Å². The largest absolute Gasteiger partial charge is 0.386 e. The molecule has 0 aliphatic carbocycles. The number of benzene rings is 1. The molecular weight excluding hydrogens is 670 g/mol. The van der Waals surface area contributed by atoms with Crippen molar-refractivity contribution in [3.8, 4) is 5.69 Å². The maximum absolute atomic E-state index is 14.5. The number of imidazole rings is 2. The van der Waals surface area contributed by atoms with E-state index in [0.717, 1.165) is 0 Å². The lowest BCUT2D eigenvalue weighted by atomic mass is 10.1. The predicted molar refractivity (Wildman–Crippen MR) is 189 cm³/mol. The summed E-state index contributed by atoms with van der Waals surface area (Å²) in [6.45, 7) is 8.27. The minimum atomic E-state index is -0.669. The van der Waals surface area contributed by atoms with Gasteiger partial charge in [0.25, 0.3) is 11.7 Å². The monoisotopic (exact) mass is 706 g/mol. The van der Waals surface area contributed by atoms with E-state index < -0.39 is 23.6 Å². The van der Waals surface area contributed by atoms with Gasteiger partial charge in [-0.15, -0.1) is 4.68 Å². The number of hydrogen-bond acceptors (Lipinski definition) is 10. The Hall–Kier alpha value is -6.92. The third-order valence-electron chi connectivity index (χ3n) is 8.84.